The molecule has 2 N–H and O–H groups in total. The lowest BCUT2D eigenvalue weighted by atomic mass is 10.2. The first-order valence-electron chi connectivity index (χ1n) is 3.78. The maximum atomic E-state index is 13.0. The predicted molar refractivity (Wildman–Crippen MR) is 53.4 cm³/mol. The van der Waals surface area contributed by atoms with Gasteiger partial charge in [-0.2, -0.15) is 5.10 Å². The second-order valence-electron chi connectivity index (χ2n) is 2.67. The molecule has 4 nitrogen and oxygen atoms in total. The Balaban J connectivity index is 2.60. The van der Waals surface area contributed by atoms with E-state index in [2.05, 4.69) is 26.0 Å². The second kappa shape index (κ2) is 3.38. The van der Waals surface area contributed by atoms with Crippen molar-refractivity contribution >= 4 is 21.6 Å². The molecule has 14 heavy (non-hydrogen) atoms. The number of hydrogen-bond donors (Lipinski definition) is 1. The third kappa shape index (κ3) is 1.48. The van der Waals surface area contributed by atoms with Crippen molar-refractivity contribution in [2.45, 2.75) is 0 Å². The number of nitrogens with two attached hydrogens (primary N) is 1. The number of benzene rings is 1. The molecule has 0 atom stereocenters. The summed E-state index contributed by atoms with van der Waals surface area (Å²) >= 11 is 3.07. The van der Waals surface area contributed by atoms with E-state index in [9.17, 15) is 4.39 Å². The fraction of sp³-hybridized carbons (Fsp3) is 0. The lowest BCUT2D eigenvalue weighted by Gasteiger charge is -2.05. The monoisotopic (exact) mass is 256 g/mol. The molecule has 0 radical (unpaired) electrons. The smallest absolute Gasteiger partial charge is 0.139 e. The van der Waals surface area contributed by atoms with Crippen molar-refractivity contribution in [2.75, 3.05) is 5.73 Å². The van der Waals surface area contributed by atoms with Crippen LogP contribution in [0.4, 0.5) is 10.1 Å². The molecule has 0 bridgehead atoms. The van der Waals surface area contributed by atoms with Crippen LogP contribution in [0.25, 0.3) is 5.69 Å². The summed E-state index contributed by atoms with van der Waals surface area (Å²) in [5.74, 6) is -0.397. The quantitative estimate of drug-likeness (QED) is 0.792. The third-order valence-corrected chi connectivity index (χ3v) is 2.34. The summed E-state index contributed by atoms with van der Waals surface area (Å²) in [4.78, 5) is 3.78. The second-order valence-corrected chi connectivity index (χ2v) is 3.52. The van der Waals surface area contributed by atoms with Crippen LogP contribution in [0.15, 0.2) is 29.3 Å². The minimum atomic E-state index is -0.397. The van der Waals surface area contributed by atoms with Gasteiger partial charge in [0.15, 0.2) is 0 Å². The summed E-state index contributed by atoms with van der Waals surface area (Å²) < 4.78 is 14.8. The van der Waals surface area contributed by atoms with Crippen molar-refractivity contribution in [1.82, 2.24) is 14.8 Å². The van der Waals surface area contributed by atoms with Crippen LogP contribution < -0.4 is 5.73 Å². The molecule has 2 rings (SSSR count). The van der Waals surface area contributed by atoms with Crippen molar-refractivity contribution in [3.05, 3.63) is 35.1 Å². The highest BCUT2D eigenvalue weighted by molar-refractivity contribution is 9.10. The average Bonchev–Trinajstić information content (AvgIpc) is 2.64. The molecule has 1 aromatic carbocycles. The molecule has 0 unspecified atom stereocenters. The highest BCUT2D eigenvalue weighted by atomic mass is 79.9. The van der Waals surface area contributed by atoms with Gasteiger partial charge in [-0.05, 0) is 22.0 Å². The van der Waals surface area contributed by atoms with Gasteiger partial charge in [0.05, 0.1) is 15.8 Å². The topological polar surface area (TPSA) is 56.7 Å². The largest absolute Gasteiger partial charge is 0.397 e. The molecule has 72 valence electrons. The zero-order chi connectivity index (χ0) is 10.1. The summed E-state index contributed by atoms with van der Waals surface area (Å²) in [5.41, 5.74) is 6.54. The molecule has 0 aliphatic carbocycles. The molecule has 0 amide bonds. The van der Waals surface area contributed by atoms with Crippen molar-refractivity contribution in [1.29, 1.82) is 0 Å². The van der Waals surface area contributed by atoms with Crippen LogP contribution in [0.5, 0.6) is 0 Å². The molecule has 1 heterocycles. The lowest BCUT2D eigenvalue weighted by molar-refractivity contribution is 0.621. The highest BCUT2D eigenvalue weighted by Crippen LogP contribution is 2.24. The highest BCUT2D eigenvalue weighted by Gasteiger charge is 2.07. The summed E-state index contributed by atoms with van der Waals surface area (Å²) in [5, 5.41) is 3.90. The SMILES string of the molecule is Nc1cc(F)c(Br)cc1-n1cncn1. The Morgan fingerprint density at radius 3 is 2.86 bits per heavy atom. The first-order valence-corrected chi connectivity index (χ1v) is 4.57. The van der Waals surface area contributed by atoms with E-state index < -0.39 is 5.82 Å². The lowest BCUT2D eigenvalue weighted by Crippen LogP contribution is -2.01. The molecular weight excluding hydrogens is 251 g/mol. The van der Waals surface area contributed by atoms with Gasteiger partial charge in [-0.25, -0.2) is 14.1 Å². The van der Waals surface area contributed by atoms with Crippen LogP contribution in [0.1, 0.15) is 0 Å². The van der Waals surface area contributed by atoms with Gasteiger partial charge >= 0.3 is 0 Å². The first-order chi connectivity index (χ1) is 6.68. The van der Waals surface area contributed by atoms with Crippen LogP contribution in [0.2, 0.25) is 0 Å². The molecule has 6 heteroatoms. The van der Waals surface area contributed by atoms with E-state index in [0.29, 0.717) is 15.8 Å². The Bertz CT molecular complexity index is 455. The Morgan fingerprint density at radius 2 is 2.21 bits per heavy atom. The number of anilines is 1. The fourth-order valence-corrected chi connectivity index (χ4v) is 1.41. The molecule has 0 saturated carbocycles. The first kappa shape index (κ1) is 9.14. The third-order valence-electron chi connectivity index (χ3n) is 1.74. The summed E-state index contributed by atoms with van der Waals surface area (Å²) in [6.07, 6.45) is 2.88. The zero-order valence-corrected chi connectivity index (χ0v) is 8.57. The molecule has 0 aliphatic heterocycles. The van der Waals surface area contributed by atoms with E-state index in [1.54, 1.807) is 6.07 Å². The van der Waals surface area contributed by atoms with Crippen molar-refractivity contribution in [3.63, 3.8) is 0 Å². The standard InChI is InChI=1S/C8H6BrFN4/c9-5-1-8(7(11)2-6(5)10)14-4-12-3-13-14/h1-4H,11H2. The van der Waals surface area contributed by atoms with E-state index in [-0.39, 0.29) is 0 Å². The van der Waals surface area contributed by atoms with Crippen LogP contribution in [0, 0.1) is 5.82 Å². The maximum absolute atomic E-state index is 13.0. The number of aromatic nitrogens is 3. The number of nitrogen functional groups attached to an aromatic ring is 1. The van der Waals surface area contributed by atoms with Crippen LogP contribution in [0.3, 0.4) is 0 Å². The summed E-state index contributed by atoms with van der Waals surface area (Å²) in [7, 11) is 0. The molecule has 0 spiro atoms. The van der Waals surface area contributed by atoms with Crippen LogP contribution in [-0.4, -0.2) is 14.8 Å². The fourth-order valence-electron chi connectivity index (χ4n) is 1.08. The Kier molecular flexibility index (Phi) is 2.20. The van der Waals surface area contributed by atoms with Gasteiger partial charge in [0, 0.05) is 6.07 Å². The zero-order valence-electron chi connectivity index (χ0n) is 6.98. The summed E-state index contributed by atoms with van der Waals surface area (Å²) in [6, 6.07) is 2.79. The number of nitrogens with zero attached hydrogens (tertiary/aromatic N) is 3. The minimum absolute atomic E-state index is 0.316. The van der Waals surface area contributed by atoms with Crippen molar-refractivity contribution in [3.8, 4) is 5.69 Å². The molecule has 2 aromatic rings. The molecule has 0 aliphatic rings. The summed E-state index contributed by atoms with van der Waals surface area (Å²) in [6.45, 7) is 0. The van der Waals surface area contributed by atoms with Crippen molar-refractivity contribution < 1.29 is 4.39 Å². The molecular formula is C8H6BrFN4. The average molecular weight is 257 g/mol. The van der Waals surface area contributed by atoms with Crippen LogP contribution >= 0.6 is 15.9 Å². The van der Waals surface area contributed by atoms with Crippen LogP contribution in [-0.2, 0) is 0 Å². The Labute approximate surface area is 87.7 Å². The van der Waals surface area contributed by atoms with E-state index in [1.165, 1.54) is 23.4 Å². The van der Waals surface area contributed by atoms with Gasteiger partial charge in [0.1, 0.15) is 18.5 Å². The Hall–Kier alpha value is -1.43. The Morgan fingerprint density at radius 1 is 1.43 bits per heavy atom. The van der Waals surface area contributed by atoms with E-state index in [1.807, 2.05) is 0 Å². The number of hydrogen-bond acceptors (Lipinski definition) is 3. The number of halogens is 2. The van der Waals surface area contributed by atoms with Crippen molar-refractivity contribution in [2.24, 2.45) is 0 Å². The van der Waals surface area contributed by atoms with Gasteiger partial charge in [0.2, 0.25) is 0 Å². The number of rotatable bonds is 1. The van der Waals surface area contributed by atoms with Gasteiger partial charge < -0.3 is 5.73 Å². The molecule has 1 aromatic heterocycles. The van der Waals surface area contributed by atoms with Gasteiger partial charge in [-0.15, -0.1) is 0 Å². The molecule has 0 saturated heterocycles. The minimum Gasteiger partial charge on any atom is -0.397 e. The van der Waals surface area contributed by atoms with E-state index in [4.69, 9.17) is 5.73 Å². The maximum Gasteiger partial charge on any atom is 0.139 e. The van der Waals surface area contributed by atoms with E-state index in [0.717, 1.165) is 0 Å². The van der Waals surface area contributed by atoms with Gasteiger partial charge in [-0.1, -0.05) is 0 Å². The van der Waals surface area contributed by atoms with Gasteiger partial charge in [0.25, 0.3) is 0 Å². The van der Waals surface area contributed by atoms with E-state index >= 15 is 0 Å². The van der Waals surface area contributed by atoms with Gasteiger partial charge in [-0.3, -0.25) is 0 Å². The predicted octanol–water partition coefficient (Wildman–Crippen LogP) is 1.75. The molecule has 0 fully saturated rings. The normalized spacial score (nSPS) is 10.4.